The molecule has 0 spiro atoms. The van der Waals surface area contributed by atoms with Gasteiger partial charge in [-0.3, -0.25) is 10.1 Å². The lowest BCUT2D eigenvalue weighted by Gasteiger charge is -2.11. The number of hydrogen-bond donors (Lipinski definition) is 1. The first-order chi connectivity index (χ1) is 9.47. The van der Waals surface area contributed by atoms with Crippen LogP contribution in [0.3, 0.4) is 0 Å². The van der Waals surface area contributed by atoms with Crippen molar-refractivity contribution in [1.29, 1.82) is 0 Å². The van der Waals surface area contributed by atoms with Crippen LogP contribution in [0, 0.1) is 10.1 Å². The van der Waals surface area contributed by atoms with Crippen LogP contribution < -0.4 is 10.5 Å². The van der Waals surface area contributed by atoms with Gasteiger partial charge in [0.1, 0.15) is 11.9 Å². The number of anilines is 1. The second-order valence-electron chi connectivity index (χ2n) is 4.64. The summed E-state index contributed by atoms with van der Waals surface area (Å²) in [7, 11) is 0. The fraction of sp³-hybridized carbons (Fsp3) is 0.308. The molecule has 1 heterocycles. The quantitative estimate of drug-likeness (QED) is 0.667. The summed E-state index contributed by atoms with van der Waals surface area (Å²) in [5, 5.41) is 14.6. The summed E-state index contributed by atoms with van der Waals surface area (Å²) in [6, 6.07) is 7.48. The highest BCUT2D eigenvalue weighted by Crippen LogP contribution is 2.22. The first-order valence-electron chi connectivity index (χ1n) is 6.18. The molecule has 0 unspecified atom stereocenters. The predicted molar refractivity (Wildman–Crippen MR) is 74.6 cm³/mol. The Labute approximate surface area is 116 Å². The minimum absolute atomic E-state index is 0.0465. The molecule has 20 heavy (non-hydrogen) atoms. The second-order valence-corrected chi connectivity index (χ2v) is 4.64. The van der Waals surface area contributed by atoms with E-state index in [2.05, 4.69) is 5.10 Å². The zero-order valence-corrected chi connectivity index (χ0v) is 11.3. The molecule has 0 aliphatic rings. The topological polar surface area (TPSA) is 96.2 Å². The molecule has 7 heteroatoms. The molecular formula is C13H16N4O3. The highest BCUT2D eigenvalue weighted by Gasteiger charge is 2.17. The number of nitrogens with two attached hydrogens (primary N) is 1. The molecule has 7 nitrogen and oxygen atoms in total. The fourth-order valence-corrected chi connectivity index (χ4v) is 1.81. The summed E-state index contributed by atoms with van der Waals surface area (Å²) >= 11 is 0. The third-order valence-corrected chi connectivity index (χ3v) is 2.66. The fourth-order valence-electron chi connectivity index (χ4n) is 1.81. The van der Waals surface area contributed by atoms with Crippen molar-refractivity contribution in [3.05, 3.63) is 46.1 Å². The average Bonchev–Trinajstić information content (AvgIpc) is 2.71. The standard InChI is InChI=1S/C13H16N4O3/c1-9(2)20-11-5-3-4-10(6-11)8-16-13(14)12(7-15-16)17(18)19/h3-7,9H,8,14H2,1-2H3. The predicted octanol–water partition coefficient (Wildman–Crippen LogP) is 2.21. The van der Waals surface area contributed by atoms with Gasteiger partial charge < -0.3 is 10.5 Å². The smallest absolute Gasteiger partial charge is 0.330 e. The largest absolute Gasteiger partial charge is 0.491 e. The van der Waals surface area contributed by atoms with Gasteiger partial charge >= 0.3 is 5.69 Å². The van der Waals surface area contributed by atoms with Crippen molar-refractivity contribution >= 4 is 11.5 Å². The van der Waals surface area contributed by atoms with Gasteiger partial charge in [0.15, 0.2) is 0 Å². The summed E-state index contributed by atoms with van der Waals surface area (Å²) in [6.07, 6.45) is 1.24. The molecule has 0 amide bonds. The number of nitrogen functional groups attached to an aromatic ring is 1. The molecule has 0 saturated carbocycles. The molecule has 2 N–H and O–H groups in total. The summed E-state index contributed by atoms with van der Waals surface area (Å²) < 4.78 is 6.99. The Kier molecular flexibility index (Phi) is 3.88. The molecule has 106 valence electrons. The Morgan fingerprint density at radius 2 is 2.25 bits per heavy atom. The SMILES string of the molecule is CC(C)Oc1cccc(Cn2ncc([N+](=O)[O-])c2N)c1. The Balaban J connectivity index is 2.20. The summed E-state index contributed by atoms with van der Waals surface area (Å²) in [6.45, 7) is 4.25. The Hall–Kier alpha value is -2.57. The number of aromatic nitrogens is 2. The summed E-state index contributed by atoms with van der Waals surface area (Å²) in [4.78, 5) is 10.2. The Morgan fingerprint density at radius 3 is 2.85 bits per heavy atom. The number of benzene rings is 1. The Bertz CT molecular complexity index is 622. The van der Waals surface area contributed by atoms with Crippen LogP contribution in [0.15, 0.2) is 30.5 Å². The van der Waals surface area contributed by atoms with E-state index >= 15 is 0 Å². The van der Waals surface area contributed by atoms with Crippen LogP contribution in [0.5, 0.6) is 5.75 Å². The van der Waals surface area contributed by atoms with E-state index in [0.717, 1.165) is 17.5 Å². The number of nitrogens with zero attached hydrogens (tertiary/aromatic N) is 3. The minimum atomic E-state index is -0.545. The van der Waals surface area contributed by atoms with E-state index in [1.54, 1.807) is 0 Å². The first-order valence-corrected chi connectivity index (χ1v) is 6.18. The maximum absolute atomic E-state index is 10.7. The molecular weight excluding hydrogens is 260 g/mol. The van der Waals surface area contributed by atoms with Gasteiger partial charge in [-0.1, -0.05) is 12.1 Å². The lowest BCUT2D eigenvalue weighted by atomic mass is 10.2. The van der Waals surface area contributed by atoms with E-state index in [1.807, 2.05) is 38.1 Å². The zero-order chi connectivity index (χ0) is 14.7. The van der Waals surface area contributed by atoms with Crippen LogP contribution in [0.25, 0.3) is 0 Å². The molecule has 1 aromatic carbocycles. The molecule has 0 aliphatic carbocycles. The van der Waals surface area contributed by atoms with E-state index < -0.39 is 4.92 Å². The molecule has 0 bridgehead atoms. The molecule has 0 atom stereocenters. The van der Waals surface area contributed by atoms with Crippen molar-refractivity contribution in [2.45, 2.75) is 26.5 Å². The Morgan fingerprint density at radius 1 is 1.50 bits per heavy atom. The molecule has 0 aliphatic heterocycles. The van der Waals surface area contributed by atoms with E-state index in [0.29, 0.717) is 6.54 Å². The third-order valence-electron chi connectivity index (χ3n) is 2.66. The number of rotatable bonds is 5. The van der Waals surface area contributed by atoms with Gasteiger partial charge in [-0.2, -0.15) is 5.10 Å². The van der Waals surface area contributed by atoms with Gasteiger partial charge in [-0.15, -0.1) is 0 Å². The van der Waals surface area contributed by atoms with Gasteiger partial charge in [0.05, 0.1) is 17.6 Å². The molecule has 0 saturated heterocycles. The van der Waals surface area contributed by atoms with Crippen LogP contribution >= 0.6 is 0 Å². The normalized spacial score (nSPS) is 10.8. The lowest BCUT2D eigenvalue weighted by Crippen LogP contribution is -2.08. The second kappa shape index (κ2) is 5.60. The van der Waals surface area contributed by atoms with Crippen molar-refractivity contribution in [3.63, 3.8) is 0 Å². The molecule has 2 rings (SSSR count). The van der Waals surface area contributed by atoms with Crippen molar-refractivity contribution in [3.8, 4) is 5.75 Å². The number of nitro groups is 1. The van der Waals surface area contributed by atoms with Gasteiger partial charge in [-0.25, -0.2) is 4.68 Å². The van der Waals surface area contributed by atoms with Crippen molar-refractivity contribution in [2.75, 3.05) is 5.73 Å². The van der Waals surface area contributed by atoms with Crippen LogP contribution in [-0.4, -0.2) is 20.8 Å². The van der Waals surface area contributed by atoms with Crippen LogP contribution in [0.1, 0.15) is 19.4 Å². The molecule has 1 aromatic heterocycles. The van der Waals surface area contributed by atoms with E-state index in [-0.39, 0.29) is 17.6 Å². The maximum Gasteiger partial charge on any atom is 0.330 e. The minimum Gasteiger partial charge on any atom is -0.491 e. The van der Waals surface area contributed by atoms with Crippen molar-refractivity contribution in [1.82, 2.24) is 9.78 Å². The number of ether oxygens (including phenoxy) is 1. The van der Waals surface area contributed by atoms with E-state index in [9.17, 15) is 10.1 Å². The summed E-state index contributed by atoms with van der Waals surface area (Å²) in [5.41, 5.74) is 6.43. The van der Waals surface area contributed by atoms with Gasteiger partial charge in [0, 0.05) is 0 Å². The van der Waals surface area contributed by atoms with Gasteiger partial charge in [-0.05, 0) is 31.5 Å². The average molecular weight is 276 g/mol. The lowest BCUT2D eigenvalue weighted by molar-refractivity contribution is -0.384. The van der Waals surface area contributed by atoms with Crippen molar-refractivity contribution < 1.29 is 9.66 Å². The van der Waals surface area contributed by atoms with Gasteiger partial charge in [0.25, 0.3) is 0 Å². The third kappa shape index (κ3) is 3.05. The van der Waals surface area contributed by atoms with Gasteiger partial charge in [0.2, 0.25) is 5.82 Å². The summed E-state index contributed by atoms with van der Waals surface area (Å²) in [5.74, 6) is 0.794. The highest BCUT2D eigenvalue weighted by atomic mass is 16.6. The maximum atomic E-state index is 10.7. The number of hydrogen-bond acceptors (Lipinski definition) is 5. The molecule has 0 fully saturated rings. The zero-order valence-electron chi connectivity index (χ0n) is 11.3. The molecule has 2 aromatic rings. The van der Waals surface area contributed by atoms with E-state index in [4.69, 9.17) is 10.5 Å². The molecule has 0 radical (unpaired) electrons. The highest BCUT2D eigenvalue weighted by molar-refractivity contribution is 5.51. The monoisotopic (exact) mass is 276 g/mol. The van der Waals surface area contributed by atoms with Crippen LogP contribution in [-0.2, 0) is 6.54 Å². The van der Waals surface area contributed by atoms with Crippen LogP contribution in [0.2, 0.25) is 0 Å². The first kappa shape index (κ1) is 13.9. The van der Waals surface area contributed by atoms with E-state index in [1.165, 1.54) is 4.68 Å². The van der Waals surface area contributed by atoms with Crippen LogP contribution in [0.4, 0.5) is 11.5 Å². The van der Waals surface area contributed by atoms with Crippen molar-refractivity contribution in [2.24, 2.45) is 0 Å².